The number of nitrogens with two attached hydrogens (primary N) is 1. The van der Waals surface area contributed by atoms with Gasteiger partial charge in [0, 0.05) is 25.2 Å². The van der Waals surface area contributed by atoms with Gasteiger partial charge in [0.1, 0.15) is 11.6 Å². The summed E-state index contributed by atoms with van der Waals surface area (Å²) in [7, 11) is 1.46. The molecule has 2 N–H and O–H groups in total. The second kappa shape index (κ2) is 6.02. The first-order valence-electron chi connectivity index (χ1n) is 6.52. The van der Waals surface area contributed by atoms with Crippen LogP contribution in [-0.2, 0) is 0 Å². The van der Waals surface area contributed by atoms with Crippen LogP contribution in [0.15, 0.2) is 18.2 Å². The van der Waals surface area contributed by atoms with E-state index >= 15 is 0 Å². The zero-order valence-electron chi connectivity index (χ0n) is 11.1. The molecule has 1 aliphatic rings. The smallest absolute Gasteiger partial charge is 0.257 e. The number of carbonyl (C=O) groups is 1. The molecule has 0 atom stereocenters. The molecule has 0 radical (unpaired) electrons. The van der Waals surface area contributed by atoms with Gasteiger partial charge in [-0.05, 0) is 31.4 Å². The minimum atomic E-state index is -0.550. The van der Waals surface area contributed by atoms with E-state index < -0.39 is 5.82 Å². The molecule has 0 aliphatic heterocycles. The van der Waals surface area contributed by atoms with E-state index in [1.165, 1.54) is 19.2 Å². The molecule has 5 heteroatoms. The molecule has 2 rings (SSSR count). The van der Waals surface area contributed by atoms with Crippen molar-refractivity contribution in [2.75, 3.05) is 20.2 Å². The zero-order valence-corrected chi connectivity index (χ0v) is 11.1. The highest BCUT2D eigenvalue weighted by Crippen LogP contribution is 2.27. The lowest BCUT2D eigenvalue weighted by Gasteiger charge is -2.37. The Hall–Kier alpha value is -1.62. The number of halogens is 1. The number of carbonyl (C=O) groups excluding carboxylic acids is 1. The fourth-order valence-electron chi connectivity index (χ4n) is 2.24. The second-order valence-electron chi connectivity index (χ2n) is 4.72. The summed E-state index contributed by atoms with van der Waals surface area (Å²) in [6, 6.07) is 4.50. The van der Waals surface area contributed by atoms with E-state index in [1.807, 2.05) is 0 Å². The molecule has 19 heavy (non-hydrogen) atoms. The lowest BCUT2D eigenvalue weighted by atomic mass is 9.91. The van der Waals surface area contributed by atoms with Gasteiger partial charge >= 0.3 is 0 Å². The summed E-state index contributed by atoms with van der Waals surface area (Å²) in [5.41, 5.74) is 5.62. The highest BCUT2D eigenvalue weighted by molar-refractivity contribution is 5.95. The highest BCUT2D eigenvalue weighted by Gasteiger charge is 2.30. The second-order valence-corrected chi connectivity index (χ2v) is 4.72. The molecule has 0 aromatic heterocycles. The van der Waals surface area contributed by atoms with Crippen LogP contribution in [0, 0.1) is 5.82 Å². The topological polar surface area (TPSA) is 55.6 Å². The van der Waals surface area contributed by atoms with Crippen molar-refractivity contribution in [2.45, 2.75) is 25.3 Å². The monoisotopic (exact) mass is 266 g/mol. The van der Waals surface area contributed by atoms with Crippen molar-refractivity contribution in [1.29, 1.82) is 0 Å². The number of rotatable bonds is 5. The Kier molecular flexibility index (Phi) is 4.37. The highest BCUT2D eigenvalue weighted by atomic mass is 19.1. The van der Waals surface area contributed by atoms with Gasteiger partial charge in [-0.25, -0.2) is 4.39 Å². The quantitative estimate of drug-likeness (QED) is 0.884. The fourth-order valence-corrected chi connectivity index (χ4v) is 2.24. The number of methoxy groups -OCH3 is 1. The Balaban J connectivity index is 2.20. The average molecular weight is 266 g/mol. The summed E-state index contributed by atoms with van der Waals surface area (Å²) < 4.78 is 18.8. The number of benzene rings is 1. The van der Waals surface area contributed by atoms with Crippen LogP contribution in [-0.4, -0.2) is 37.0 Å². The van der Waals surface area contributed by atoms with Gasteiger partial charge in [0.2, 0.25) is 0 Å². The Bertz CT molecular complexity index is 461. The maximum absolute atomic E-state index is 13.9. The standard InChI is InChI=1S/C14H19FN2O2/c1-19-11-5-6-12(13(15)9-11)14(18)17(8-7-16)10-3-2-4-10/h5-6,9-10H,2-4,7-8,16H2,1H3. The minimum Gasteiger partial charge on any atom is -0.497 e. The van der Waals surface area contributed by atoms with E-state index in [1.54, 1.807) is 11.0 Å². The molecule has 0 heterocycles. The maximum atomic E-state index is 13.9. The number of nitrogens with zero attached hydrogens (tertiary/aromatic N) is 1. The van der Waals surface area contributed by atoms with E-state index in [0.717, 1.165) is 19.3 Å². The average Bonchev–Trinajstić information content (AvgIpc) is 2.35. The third kappa shape index (κ3) is 2.87. The summed E-state index contributed by atoms with van der Waals surface area (Å²) in [4.78, 5) is 14.1. The largest absolute Gasteiger partial charge is 0.497 e. The summed E-state index contributed by atoms with van der Waals surface area (Å²) >= 11 is 0. The van der Waals surface area contributed by atoms with Crippen LogP contribution in [0.3, 0.4) is 0 Å². The van der Waals surface area contributed by atoms with Crippen molar-refractivity contribution in [2.24, 2.45) is 5.73 Å². The van der Waals surface area contributed by atoms with Gasteiger partial charge in [0.05, 0.1) is 12.7 Å². The molecule has 1 aromatic rings. The molecule has 0 saturated heterocycles. The van der Waals surface area contributed by atoms with Gasteiger partial charge in [-0.2, -0.15) is 0 Å². The summed E-state index contributed by atoms with van der Waals surface area (Å²) in [5.74, 6) is -0.427. The predicted molar refractivity (Wildman–Crippen MR) is 70.7 cm³/mol. The number of amides is 1. The summed E-state index contributed by atoms with van der Waals surface area (Å²) in [5, 5.41) is 0. The van der Waals surface area contributed by atoms with E-state index in [4.69, 9.17) is 10.5 Å². The van der Waals surface area contributed by atoms with Crippen molar-refractivity contribution in [1.82, 2.24) is 4.90 Å². The Morgan fingerprint density at radius 1 is 1.53 bits per heavy atom. The lowest BCUT2D eigenvalue weighted by Crippen LogP contribution is -2.46. The van der Waals surface area contributed by atoms with E-state index in [-0.39, 0.29) is 17.5 Å². The molecule has 0 spiro atoms. The maximum Gasteiger partial charge on any atom is 0.257 e. The van der Waals surface area contributed by atoms with Gasteiger partial charge in [0.15, 0.2) is 0 Å². The van der Waals surface area contributed by atoms with Crippen molar-refractivity contribution in [3.63, 3.8) is 0 Å². The van der Waals surface area contributed by atoms with Crippen LogP contribution in [0.25, 0.3) is 0 Å². The first-order valence-corrected chi connectivity index (χ1v) is 6.52. The van der Waals surface area contributed by atoms with Gasteiger partial charge in [-0.15, -0.1) is 0 Å². The third-order valence-electron chi connectivity index (χ3n) is 3.55. The van der Waals surface area contributed by atoms with Gasteiger partial charge in [-0.3, -0.25) is 4.79 Å². The number of ether oxygens (including phenoxy) is 1. The molecule has 104 valence electrons. The van der Waals surface area contributed by atoms with Crippen LogP contribution in [0.1, 0.15) is 29.6 Å². The molecule has 1 aromatic carbocycles. The molecule has 4 nitrogen and oxygen atoms in total. The molecule has 1 aliphatic carbocycles. The third-order valence-corrected chi connectivity index (χ3v) is 3.55. The van der Waals surface area contributed by atoms with Crippen LogP contribution in [0.2, 0.25) is 0 Å². The number of hydrogen-bond acceptors (Lipinski definition) is 3. The normalized spacial score (nSPS) is 14.9. The Morgan fingerprint density at radius 2 is 2.26 bits per heavy atom. The van der Waals surface area contributed by atoms with Crippen LogP contribution in [0.4, 0.5) is 4.39 Å². The van der Waals surface area contributed by atoms with Gasteiger partial charge < -0.3 is 15.4 Å². The lowest BCUT2D eigenvalue weighted by molar-refractivity contribution is 0.0584. The van der Waals surface area contributed by atoms with Crippen molar-refractivity contribution in [3.8, 4) is 5.75 Å². The van der Waals surface area contributed by atoms with Gasteiger partial charge in [-0.1, -0.05) is 0 Å². The van der Waals surface area contributed by atoms with Crippen LogP contribution < -0.4 is 10.5 Å². The van der Waals surface area contributed by atoms with E-state index in [2.05, 4.69) is 0 Å². The molecule has 0 unspecified atom stereocenters. The first kappa shape index (κ1) is 13.8. The van der Waals surface area contributed by atoms with Gasteiger partial charge in [0.25, 0.3) is 5.91 Å². The molecule has 1 saturated carbocycles. The molecule has 1 amide bonds. The molecule has 0 bridgehead atoms. The Labute approximate surface area is 112 Å². The predicted octanol–water partition coefficient (Wildman–Crippen LogP) is 1.79. The molecular formula is C14H19FN2O2. The van der Waals surface area contributed by atoms with Crippen molar-refractivity contribution >= 4 is 5.91 Å². The van der Waals surface area contributed by atoms with Crippen LogP contribution >= 0.6 is 0 Å². The van der Waals surface area contributed by atoms with Crippen molar-refractivity contribution < 1.29 is 13.9 Å². The molecule has 1 fully saturated rings. The van der Waals surface area contributed by atoms with Crippen LogP contribution in [0.5, 0.6) is 5.75 Å². The first-order chi connectivity index (χ1) is 9.17. The zero-order chi connectivity index (χ0) is 13.8. The SMILES string of the molecule is COc1ccc(C(=O)N(CCN)C2CCC2)c(F)c1. The van der Waals surface area contributed by atoms with E-state index in [9.17, 15) is 9.18 Å². The van der Waals surface area contributed by atoms with E-state index in [0.29, 0.717) is 18.8 Å². The minimum absolute atomic E-state index is 0.0844. The fraction of sp³-hybridized carbons (Fsp3) is 0.500. The number of hydrogen-bond donors (Lipinski definition) is 1. The Morgan fingerprint density at radius 3 is 2.74 bits per heavy atom. The summed E-state index contributed by atoms with van der Waals surface area (Å²) in [6.45, 7) is 0.856. The molecular weight excluding hydrogens is 247 g/mol. The summed E-state index contributed by atoms with van der Waals surface area (Å²) in [6.07, 6.45) is 3.07. The van der Waals surface area contributed by atoms with Crippen molar-refractivity contribution in [3.05, 3.63) is 29.6 Å².